The maximum Gasteiger partial charge on any atom is 0.257 e. The quantitative estimate of drug-likeness (QED) is 0.800. The summed E-state index contributed by atoms with van der Waals surface area (Å²) in [5.41, 5.74) is 0.472. The van der Waals surface area contributed by atoms with Crippen LogP contribution in [0.5, 0.6) is 11.5 Å². The van der Waals surface area contributed by atoms with Gasteiger partial charge in [0.15, 0.2) is 0 Å². The van der Waals surface area contributed by atoms with Crippen molar-refractivity contribution in [2.24, 2.45) is 0 Å². The molecule has 0 heterocycles. The van der Waals surface area contributed by atoms with Crippen LogP contribution >= 0.6 is 0 Å². The molecule has 0 aliphatic carbocycles. The van der Waals surface area contributed by atoms with Crippen molar-refractivity contribution in [2.45, 2.75) is 26.3 Å². The molecule has 1 rings (SSSR count). The van der Waals surface area contributed by atoms with Gasteiger partial charge in [0.05, 0.1) is 32.3 Å². The van der Waals surface area contributed by atoms with Crippen molar-refractivity contribution < 1.29 is 14.3 Å². The molecule has 0 aliphatic rings. The number of nitriles is 1. The molecule has 0 saturated carbocycles. The highest BCUT2D eigenvalue weighted by molar-refractivity contribution is 5.97. The molecule has 108 valence electrons. The molecule has 0 N–H and O–H groups in total. The van der Waals surface area contributed by atoms with Crippen molar-refractivity contribution in [1.82, 2.24) is 4.90 Å². The lowest BCUT2D eigenvalue weighted by Gasteiger charge is -2.26. The van der Waals surface area contributed by atoms with Gasteiger partial charge < -0.3 is 14.4 Å². The molecule has 5 heteroatoms. The summed E-state index contributed by atoms with van der Waals surface area (Å²) in [5.74, 6) is 0.957. The Labute approximate surface area is 119 Å². The van der Waals surface area contributed by atoms with Gasteiger partial charge in [0.2, 0.25) is 0 Å². The second-order valence-electron chi connectivity index (χ2n) is 4.57. The number of benzene rings is 1. The Balaban J connectivity index is 3.08. The van der Waals surface area contributed by atoms with Crippen molar-refractivity contribution in [1.29, 1.82) is 5.26 Å². The maximum atomic E-state index is 12.6. The molecule has 20 heavy (non-hydrogen) atoms. The molecule has 0 spiro atoms. The van der Waals surface area contributed by atoms with Gasteiger partial charge in [0, 0.05) is 18.7 Å². The number of carbonyl (C=O) groups excluding carboxylic acids is 1. The van der Waals surface area contributed by atoms with E-state index in [0.717, 1.165) is 0 Å². The Morgan fingerprint density at radius 1 is 1.35 bits per heavy atom. The Kier molecular flexibility index (Phi) is 5.85. The summed E-state index contributed by atoms with van der Waals surface area (Å²) < 4.78 is 10.4. The fraction of sp³-hybridized carbons (Fsp3) is 0.467. The molecule has 5 nitrogen and oxygen atoms in total. The maximum absolute atomic E-state index is 12.6. The van der Waals surface area contributed by atoms with Crippen molar-refractivity contribution >= 4 is 5.91 Å². The van der Waals surface area contributed by atoms with E-state index in [-0.39, 0.29) is 11.9 Å². The van der Waals surface area contributed by atoms with Crippen LogP contribution in [-0.2, 0) is 0 Å². The number of methoxy groups -OCH3 is 2. The fourth-order valence-electron chi connectivity index (χ4n) is 1.89. The van der Waals surface area contributed by atoms with Gasteiger partial charge in [-0.05, 0) is 26.0 Å². The van der Waals surface area contributed by atoms with Crippen LogP contribution in [0.15, 0.2) is 18.2 Å². The molecule has 1 amide bonds. The molecule has 1 aromatic rings. The summed E-state index contributed by atoms with van der Waals surface area (Å²) in [4.78, 5) is 14.2. The summed E-state index contributed by atoms with van der Waals surface area (Å²) in [5, 5.41) is 8.69. The van der Waals surface area contributed by atoms with Crippen LogP contribution in [0, 0.1) is 11.3 Å². The minimum atomic E-state index is -0.144. The van der Waals surface area contributed by atoms with E-state index in [1.165, 1.54) is 7.11 Å². The topological polar surface area (TPSA) is 62.6 Å². The zero-order valence-corrected chi connectivity index (χ0v) is 12.3. The van der Waals surface area contributed by atoms with Gasteiger partial charge in [-0.2, -0.15) is 5.26 Å². The molecular weight excluding hydrogens is 256 g/mol. The SMILES string of the molecule is COc1ccc(C(=O)N(CCC#N)C(C)C)c(OC)c1. The monoisotopic (exact) mass is 276 g/mol. The van der Waals surface area contributed by atoms with Crippen molar-refractivity contribution in [2.75, 3.05) is 20.8 Å². The van der Waals surface area contributed by atoms with Gasteiger partial charge in [-0.1, -0.05) is 0 Å². The smallest absolute Gasteiger partial charge is 0.257 e. The summed E-state index contributed by atoms with van der Waals surface area (Å²) in [6.45, 7) is 4.25. The van der Waals surface area contributed by atoms with Crippen molar-refractivity contribution in [3.05, 3.63) is 23.8 Å². The minimum Gasteiger partial charge on any atom is -0.497 e. The summed E-state index contributed by atoms with van der Waals surface area (Å²) >= 11 is 0. The first-order chi connectivity index (χ1) is 9.54. The first kappa shape index (κ1) is 15.8. The third-order valence-electron chi connectivity index (χ3n) is 2.99. The van der Waals surface area contributed by atoms with E-state index in [0.29, 0.717) is 30.0 Å². The Hall–Kier alpha value is -2.22. The first-order valence-corrected chi connectivity index (χ1v) is 6.45. The average Bonchev–Trinajstić information content (AvgIpc) is 2.46. The van der Waals surface area contributed by atoms with Gasteiger partial charge in [-0.3, -0.25) is 4.79 Å². The van der Waals surface area contributed by atoms with E-state index in [1.54, 1.807) is 30.2 Å². The molecule has 0 bridgehead atoms. The van der Waals surface area contributed by atoms with Crippen LogP contribution in [0.2, 0.25) is 0 Å². The third-order valence-corrected chi connectivity index (χ3v) is 2.99. The number of nitrogens with zero attached hydrogens (tertiary/aromatic N) is 2. The number of hydrogen-bond donors (Lipinski definition) is 0. The Morgan fingerprint density at radius 2 is 2.05 bits per heavy atom. The molecule has 0 unspecified atom stereocenters. The van der Waals surface area contributed by atoms with E-state index >= 15 is 0 Å². The van der Waals surface area contributed by atoms with Crippen molar-refractivity contribution in [3.63, 3.8) is 0 Å². The predicted molar refractivity (Wildman–Crippen MR) is 75.9 cm³/mol. The second kappa shape index (κ2) is 7.39. The van der Waals surface area contributed by atoms with Crippen LogP contribution in [0.3, 0.4) is 0 Å². The molecule has 0 aromatic heterocycles. The number of amides is 1. The van der Waals surface area contributed by atoms with E-state index < -0.39 is 0 Å². The highest BCUT2D eigenvalue weighted by atomic mass is 16.5. The summed E-state index contributed by atoms with van der Waals surface area (Å²) in [6.07, 6.45) is 0.308. The van der Waals surface area contributed by atoms with Gasteiger partial charge in [0.25, 0.3) is 5.91 Å². The standard InChI is InChI=1S/C15H20N2O3/c1-11(2)17(9-5-8-16)15(18)13-7-6-12(19-3)10-14(13)20-4/h6-7,10-11H,5,9H2,1-4H3. The lowest BCUT2D eigenvalue weighted by Crippen LogP contribution is -2.37. The summed E-state index contributed by atoms with van der Waals surface area (Å²) in [6, 6.07) is 7.16. The average molecular weight is 276 g/mol. The van der Waals surface area contributed by atoms with E-state index in [1.807, 2.05) is 13.8 Å². The third kappa shape index (κ3) is 3.64. The molecule has 0 radical (unpaired) electrons. The van der Waals surface area contributed by atoms with Gasteiger partial charge in [0.1, 0.15) is 11.5 Å². The van der Waals surface area contributed by atoms with E-state index in [2.05, 4.69) is 6.07 Å². The Morgan fingerprint density at radius 3 is 2.55 bits per heavy atom. The lowest BCUT2D eigenvalue weighted by atomic mass is 10.1. The molecule has 0 atom stereocenters. The highest BCUT2D eigenvalue weighted by Gasteiger charge is 2.22. The number of rotatable bonds is 6. The zero-order chi connectivity index (χ0) is 15.1. The predicted octanol–water partition coefficient (Wildman–Crippen LogP) is 2.47. The minimum absolute atomic E-state index is 0.0163. The number of carbonyl (C=O) groups is 1. The van der Waals surface area contributed by atoms with Crippen LogP contribution in [0.1, 0.15) is 30.6 Å². The molecule has 0 fully saturated rings. The van der Waals surface area contributed by atoms with Crippen LogP contribution in [0.4, 0.5) is 0 Å². The first-order valence-electron chi connectivity index (χ1n) is 6.45. The summed E-state index contributed by atoms with van der Waals surface area (Å²) in [7, 11) is 3.07. The molecule has 0 aliphatic heterocycles. The zero-order valence-electron chi connectivity index (χ0n) is 12.3. The van der Waals surface area contributed by atoms with E-state index in [9.17, 15) is 4.79 Å². The largest absolute Gasteiger partial charge is 0.497 e. The van der Waals surface area contributed by atoms with Crippen LogP contribution < -0.4 is 9.47 Å². The highest BCUT2D eigenvalue weighted by Crippen LogP contribution is 2.26. The number of hydrogen-bond acceptors (Lipinski definition) is 4. The van der Waals surface area contributed by atoms with Crippen LogP contribution in [-0.4, -0.2) is 37.6 Å². The van der Waals surface area contributed by atoms with Gasteiger partial charge in [-0.25, -0.2) is 0 Å². The molecule has 1 aromatic carbocycles. The van der Waals surface area contributed by atoms with Crippen LogP contribution in [0.25, 0.3) is 0 Å². The lowest BCUT2D eigenvalue weighted by molar-refractivity contribution is 0.0707. The molecule has 0 saturated heterocycles. The normalized spacial score (nSPS) is 10.0. The van der Waals surface area contributed by atoms with E-state index in [4.69, 9.17) is 14.7 Å². The second-order valence-corrected chi connectivity index (χ2v) is 4.57. The van der Waals surface area contributed by atoms with Gasteiger partial charge >= 0.3 is 0 Å². The fourth-order valence-corrected chi connectivity index (χ4v) is 1.89. The van der Waals surface area contributed by atoms with Gasteiger partial charge in [-0.15, -0.1) is 0 Å². The van der Waals surface area contributed by atoms with Crippen molar-refractivity contribution in [3.8, 4) is 17.6 Å². The molecular formula is C15H20N2O3. The Bertz CT molecular complexity index is 506. The number of ether oxygens (including phenoxy) is 2.